The molecule has 0 bridgehead atoms. The molecule has 2 aliphatic heterocycles. The molecule has 2 N–H and O–H groups in total. The summed E-state index contributed by atoms with van der Waals surface area (Å²) in [5.41, 5.74) is 2.38. The van der Waals surface area contributed by atoms with Crippen molar-refractivity contribution in [2.24, 2.45) is 0 Å². The van der Waals surface area contributed by atoms with Gasteiger partial charge in [0.15, 0.2) is 0 Å². The molecule has 1 fully saturated rings. The van der Waals surface area contributed by atoms with Gasteiger partial charge in [0, 0.05) is 23.7 Å². The van der Waals surface area contributed by atoms with Crippen molar-refractivity contribution in [1.29, 1.82) is 0 Å². The minimum absolute atomic E-state index is 0.177. The lowest BCUT2D eigenvalue weighted by atomic mass is 9.76. The Labute approximate surface area is 246 Å². The second kappa shape index (κ2) is 10.9. The maximum Gasteiger partial charge on any atom is 0.282 e. The largest absolute Gasteiger partial charge is 0.353 e. The maximum absolute atomic E-state index is 12.8. The summed E-state index contributed by atoms with van der Waals surface area (Å²) in [6.45, 7) is 9.33. The lowest BCUT2D eigenvalue weighted by Gasteiger charge is -2.55. The van der Waals surface area contributed by atoms with Crippen molar-refractivity contribution in [3.05, 3.63) is 67.1 Å². The number of rotatable bonds is 6. The predicted molar refractivity (Wildman–Crippen MR) is 151 cm³/mol. The van der Waals surface area contributed by atoms with Crippen molar-refractivity contribution in [1.82, 2.24) is 20.7 Å². The molecule has 12 heteroatoms. The van der Waals surface area contributed by atoms with Crippen LogP contribution in [0.4, 0.5) is 0 Å². The molecule has 208 valence electrons. The molecule has 0 aliphatic carbocycles. The van der Waals surface area contributed by atoms with Gasteiger partial charge < -0.3 is 5.32 Å². The van der Waals surface area contributed by atoms with Crippen molar-refractivity contribution < 1.29 is 19.2 Å². The number of imide groups is 1. The number of carbonyl (C=O) groups is 4. The molecule has 2 aromatic carbocycles. The fourth-order valence-corrected chi connectivity index (χ4v) is 6.67. The summed E-state index contributed by atoms with van der Waals surface area (Å²) in [6, 6.07) is 10.0. The van der Waals surface area contributed by atoms with Gasteiger partial charge in [-0.2, -0.15) is 5.01 Å². The number of hydrazine groups is 1. The van der Waals surface area contributed by atoms with E-state index in [9.17, 15) is 19.2 Å². The van der Waals surface area contributed by atoms with Gasteiger partial charge in [-0.25, -0.2) is 0 Å². The quantitative estimate of drug-likeness (QED) is 0.190. The fourth-order valence-electron chi connectivity index (χ4n) is 5.65. The molecule has 0 unspecified atom stereocenters. The summed E-state index contributed by atoms with van der Waals surface area (Å²) in [5, 5.41) is 2.54. The van der Waals surface area contributed by atoms with Crippen molar-refractivity contribution >= 4 is 70.0 Å². The Kier molecular flexibility index (Phi) is 8.28. The Morgan fingerprint density at radius 1 is 0.821 bits per heavy atom. The predicted octanol–water partition coefficient (Wildman–Crippen LogP) is 5.66. The molecule has 4 rings (SSSR count). The van der Waals surface area contributed by atoms with Crippen LogP contribution in [-0.4, -0.2) is 50.7 Å². The average molecular weight is 614 g/mol. The van der Waals surface area contributed by atoms with E-state index in [2.05, 4.69) is 55.5 Å². The van der Waals surface area contributed by atoms with Crippen molar-refractivity contribution in [3.63, 3.8) is 0 Å². The monoisotopic (exact) mass is 612 g/mol. The van der Waals surface area contributed by atoms with E-state index < -0.39 is 30.0 Å². The Bertz CT molecular complexity index is 1300. The van der Waals surface area contributed by atoms with Gasteiger partial charge in [0.1, 0.15) is 6.42 Å². The minimum atomic E-state index is -0.927. The summed E-state index contributed by atoms with van der Waals surface area (Å²) in [6.07, 6.45) is 0.753. The third-order valence-corrected chi connectivity index (χ3v) is 8.96. The molecule has 0 atom stereocenters. The van der Waals surface area contributed by atoms with Gasteiger partial charge in [-0.1, -0.05) is 76.7 Å². The highest BCUT2D eigenvalue weighted by molar-refractivity contribution is 6.55. The summed E-state index contributed by atoms with van der Waals surface area (Å²) < 4.78 is 0. The highest BCUT2D eigenvalue weighted by Gasteiger charge is 2.46. The van der Waals surface area contributed by atoms with Crippen LogP contribution in [0.5, 0.6) is 0 Å². The molecule has 0 radical (unpaired) electrons. The van der Waals surface area contributed by atoms with E-state index in [0.717, 1.165) is 6.54 Å². The second-order valence-corrected chi connectivity index (χ2v) is 12.5. The van der Waals surface area contributed by atoms with E-state index in [1.54, 1.807) is 0 Å². The van der Waals surface area contributed by atoms with Crippen LogP contribution in [0.15, 0.2) is 30.3 Å². The third kappa shape index (κ3) is 5.77. The smallest absolute Gasteiger partial charge is 0.282 e. The number of likely N-dealkylation sites (tertiary alicyclic amines) is 1. The highest BCUT2D eigenvalue weighted by Crippen LogP contribution is 2.44. The molecule has 2 aromatic rings. The van der Waals surface area contributed by atoms with Gasteiger partial charge in [-0.05, 0) is 46.1 Å². The molecule has 0 aromatic heterocycles. The van der Waals surface area contributed by atoms with E-state index in [4.69, 9.17) is 46.4 Å². The van der Waals surface area contributed by atoms with E-state index >= 15 is 0 Å². The van der Waals surface area contributed by atoms with Gasteiger partial charge in [-0.3, -0.25) is 29.5 Å². The number of nitrogens with zero attached hydrogens (tertiary/aromatic N) is 2. The van der Waals surface area contributed by atoms with Gasteiger partial charge in [0.2, 0.25) is 11.8 Å². The number of halogens is 4. The summed E-state index contributed by atoms with van der Waals surface area (Å²) >= 11 is 24.3. The highest BCUT2D eigenvalue weighted by atomic mass is 35.5. The molecular formula is C27H28Cl4N4O4. The molecule has 2 aliphatic rings. The second-order valence-electron chi connectivity index (χ2n) is 11.0. The number of piperidine rings is 1. The number of nitrogens with one attached hydrogen (secondary N) is 2. The van der Waals surface area contributed by atoms with Crippen LogP contribution in [0, 0.1) is 0 Å². The number of benzene rings is 2. The van der Waals surface area contributed by atoms with Crippen molar-refractivity contribution in [2.75, 3.05) is 0 Å². The molecule has 1 saturated heterocycles. The number of carbonyl (C=O) groups excluding carboxylic acids is 4. The van der Waals surface area contributed by atoms with Crippen molar-refractivity contribution in [2.45, 2.75) is 70.6 Å². The van der Waals surface area contributed by atoms with Gasteiger partial charge >= 0.3 is 0 Å². The van der Waals surface area contributed by atoms with E-state index in [1.165, 1.54) is 5.56 Å². The van der Waals surface area contributed by atoms with Gasteiger partial charge in [-0.15, -0.1) is 0 Å². The van der Waals surface area contributed by atoms with Gasteiger partial charge in [0.05, 0.1) is 31.2 Å². The Morgan fingerprint density at radius 2 is 1.31 bits per heavy atom. The first-order valence-corrected chi connectivity index (χ1v) is 13.8. The van der Waals surface area contributed by atoms with Crippen LogP contribution in [0.2, 0.25) is 20.1 Å². The lowest BCUT2D eigenvalue weighted by molar-refractivity contribution is -0.132. The number of hydrogen-bond donors (Lipinski definition) is 2. The molecule has 2 heterocycles. The Hall–Kier alpha value is -2.36. The molecule has 4 amide bonds. The van der Waals surface area contributed by atoms with E-state index in [0.29, 0.717) is 17.9 Å². The molecule has 8 nitrogen and oxygen atoms in total. The maximum atomic E-state index is 12.8. The average Bonchev–Trinajstić information content (AvgIpc) is 3.08. The topological polar surface area (TPSA) is 98.8 Å². The minimum Gasteiger partial charge on any atom is -0.353 e. The lowest BCUT2D eigenvalue weighted by Crippen LogP contribution is -2.63. The summed E-state index contributed by atoms with van der Waals surface area (Å²) in [5.74, 6) is -3.24. The zero-order valence-corrected chi connectivity index (χ0v) is 24.9. The fraction of sp³-hybridized carbons (Fsp3) is 0.407. The zero-order valence-electron chi connectivity index (χ0n) is 21.8. The van der Waals surface area contributed by atoms with Crippen LogP contribution < -0.4 is 10.7 Å². The summed E-state index contributed by atoms with van der Waals surface area (Å²) in [4.78, 5) is 53.6. The van der Waals surface area contributed by atoms with Crippen LogP contribution in [-0.2, 0) is 16.1 Å². The van der Waals surface area contributed by atoms with Crippen LogP contribution >= 0.6 is 46.4 Å². The van der Waals surface area contributed by atoms with Crippen molar-refractivity contribution in [3.8, 4) is 0 Å². The normalized spacial score (nSPS) is 18.7. The SMILES string of the molecule is CC1(C)CC(NC(=O)CC(=O)NN2C(=O)c3c(Cl)c(Cl)c(Cl)c(Cl)c3C2=O)CC(C)(C)N1Cc1ccccc1. The van der Waals surface area contributed by atoms with Crippen LogP contribution in [0.3, 0.4) is 0 Å². The Morgan fingerprint density at radius 3 is 1.79 bits per heavy atom. The third-order valence-electron chi connectivity index (χ3n) is 7.16. The standard InChI is InChI=1S/C27H28Cl4N4O4/c1-26(2)11-15(12-27(3,4)34(26)13-14-8-6-5-7-9-14)32-16(36)10-17(37)33-35-24(38)18-19(25(35)39)21(29)23(31)22(30)20(18)28/h5-9,15H,10-13H2,1-4H3,(H,32,36)(H,33,37). The zero-order chi connectivity index (χ0) is 28.9. The first-order valence-electron chi connectivity index (χ1n) is 12.3. The van der Waals surface area contributed by atoms with Crippen LogP contribution in [0.25, 0.3) is 0 Å². The first kappa shape index (κ1) is 29.6. The summed E-state index contributed by atoms with van der Waals surface area (Å²) in [7, 11) is 0. The van der Waals surface area contributed by atoms with Gasteiger partial charge in [0.25, 0.3) is 11.8 Å². The van der Waals surface area contributed by atoms with E-state index in [-0.39, 0.29) is 48.3 Å². The molecule has 39 heavy (non-hydrogen) atoms. The molecule has 0 saturated carbocycles. The number of hydrogen-bond acceptors (Lipinski definition) is 5. The molecular weight excluding hydrogens is 586 g/mol. The van der Waals surface area contributed by atoms with E-state index in [1.807, 2.05) is 18.2 Å². The Balaban J connectivity index is 1.39. The number of fused-ring (bicyclic) bond motifs is 1. The number of amides is 4. The molecule has 0 spiro atoms. The van der Waals surface area contributed by atoms with Crippen LogP contribution in [0.1, 0.15) is 73.2 Å². The first-order chi connectivity index (χ1) is 18.1.